The summed E-state index contributed by atoms with van der Waals surface area (Å²) in [4.78, 5) is 0. The van der Waals surface area contributed by atoms with Crippen molar-refractivity contribution >= 4 is 9.84 Å². The largest absolute Gasteiger partial charge is 0.508 e. The molecule has 100 valence electrons. The van der Waals surface area contributed by atoms with E-state index in [9.17, 15) is 13.5 Å². The van der Waals surface area contributed by atoms with Gasteiger partial charge in [0.25, 0.3) is 0 Å². The Bertz CT molecular complexity index is 525. The van der Waals surface area contributed by atoms with Crippen LogP contribution in [0.15, 0.2) is 18.2 Å². The average Bonchev–Trinajstić information content (AvgIpc) is 2.27. The zero-order valence-corrected chi connectivity index (χ0v) is 11.3. The van der Waals surface area contributed by atoms with E-state index in [0.717, 1.165) is 24.8 Å². The molecule has 0 amide bonds. The van der Waals surface area contributed by atoms with Crippen LogP contribution in [0.25, 0.3) is 0 Å². The average molecular weight is 269 g/mol. The molecule has 2 rings (SSSR count). The van der Waals surface area contributed by atoms with E-state index in [-0.39, 0.29) is 11.8 Å². The van der Waals surface area contributed by atoms with Gasteiger partial charge in [-0.2, -0.15) is 0 Å². The molecule has 1 aliphatic rings. The van der Waals surface area contributed by atoms with E-state index >= 15 is 0 Å². The summed E-state index contributed by atoms with van der Waals surface area (Å²) in [6.07, 6.45) is 4.31. The van der Waals surface area contributed by atoms with Crippen LogP contribution >= 0.6 is 0 Å². The molecule has 0 saturated carbocycles. The molecule has 2 N–H and O–H groups in total. The lowest BCUT2D eigenvalue weighted by Gasteiger charge is -2.26. The molecule has 5 heteroatoms. The molecule has 4 nitrogen and oxygen atoms in total. The van der Waals surface area contributed by atoms with Crippen LogP contribution < -0.4 is 5.32 Å². The van der Waals surface area contributed by atoms with E-state index in [0.29, 0.717) is 12.3 Å². The molecule has 0 bridgehead atoms. The predicted molar refractivity (Wildman–Crippen MR) is 71.5 cm³/mol. The third-order valence-electron chi connectivity index (χ3n) is 3.30. The topological polar surface area (TPSA) is 66.4 Å². The van der Waals surface area contributed by atoms with Crippen LogP contribution in [0.1, 0.15) is 30.0 Å². The Labute approximate surface area is 108 Å². The minimum atomic E-state index is -2.91. The number of nitrogens with one attached hydrogen (secondary N) is 1. The highest BCUT2D eigenvalue weighted by molar-refractivity contribution is 7.90. The molecule has 1 atom stereocenters. The van der Waals surface area contributed by atoms with Gasteiger partial charge in [0.2, 0.25) is 0 Å². The van der Waals surface area contributed by atoms with Gasteiger partial charge in [-0.1, -0.05) is 6.07 Å². The molecule has 1 aromatic rings. The van der Waals surface area contributed by atoms with Crippen LogP contribution in [0.3, 0.4) is 0 Å². The molecule has 0 saturated heterocycles. The molecular weight excluding hydrogens is 250 g/mol. The fourth-order valence-corrected chi connectivity index (χ4v) is 2.92. The van der Waals surface area contributed by atoms with Gasteiger partial charge in [0.15, 0.2) is 0 Å². The second-order valence-electron chi connectivity index (χ2n) is 4.91. The molecule has 1 aromatic carbocycles. The number of phenols is 1. The lowest BCUT2D eigenvalue weighted by Crippen LogP contribution is -2.29. The molecule has 18 heavy (non-hydrogen) atoms. The van der Waals surface area contributed by atoms with Crippen molar-refractivity contribution in [3.05, 3.63) is 29.3 Å². The SMILES string of the molecule is CS(=O)(=O)CCNC1CCCc2cc(O)ccc21. The number of phenolic OH excluding ortho intramolecular Hbond substituents is 1. The predicted octanol–water partition coefficient (Wildman–Crippen LogP) is 1.40. The van der Waals surface area contributed by atoms with Crippen molar-refractivity contribution < 1.29 is 13.5 Å². The summed E-state index contributed by atoms with van der Waals surface area (Å²) in [7, 11) is -2.91. The Morgan fingerprint density at radius 1 is 1.44 bits per heavy atom. The van der Waals surface area contributed by atoms with Crippen LogP contribution in [0.2, 0.25) is 0 Å². The van der Waals surface area contributed by atoms with Gasteiger partial charge in [-0.25, -0.2) is 8.42 Å². The molecule has 1 aliphatic carbocycles. The Hall–Kier alpha value is -1.07. The van der Waals surface area contributed by atoms with Crippen molar-refractivity contribution in [1.29, 1.82) is 0 Å². The Morgan fingerprint density at radius 2 is 2.22 bits per heavy atom. The second kappa shape index (κ2) is 5.28. The van der Waals surface area contributed by atoms with E-state index in [1.807, 2.05) is 6.07 Å². The van der Waals surface area contributed by atoms with E-state index in [1.165, 1.54) is 11.8 Å². The number of aromatic hydroxyl groups is 1. The molecule has 0 aromatic heterocycles. The maximum absolute atomic E-state index is 11.1. The third kappa shape index (κ3) is 3.46. The summed E-state index contributed by atoms with van der Waals surface area (Å²) in [5.41, 5.74) is 2.35. The quantitative estimate of drug-likeness (QED) is 0.867. The summed E-state index contributed by atoms with van der Waals surface area (Å²) >= 11 is 0. The van der Waals surface area contributed by atoms with E-state index in [4.69, 9.17) is 0 Å². The van der Waals surface area contributed by atoms with Crippen molar-refractivity contribution in [2.45, 2.75) is 25.3 Å². The van der Waals surface area contributed by atoms with Gasteiger partial charge in [0.1, 0.15) is 15.6 Å². The Kier molecular flexibility index (Phi) is 3.92. The van der Waals surface area contributed by atoms with Crippen LogP contribution in [-0.2, 0) is 16.3 Å². The number of hydrogen-bond acceptors (Lipinski definition) is 4. The third-order valence-corrected chi connectivity index (χ3v) is 4.25. The molecular formula is C13H19NO3S. The maximum atomic E-state index is 11.1. The first-order chi connectivity index (χ1) is 8.46. The highest BCUT2D eigenvalue weighted by atomic mass is 32.2. The summed E-state index contributed by atoms with van der Waals surface area (Å²) in [6, 6.07) is 5.63. The number of sulfone groups is 1. The first kappa shape index (κ1) is 13.4. The summed E-state index contributed by atoms with van der Waals surface area (Å²) in [5, 5.41) is 12.8. The van der Waals surface area contributed by atoms with Crippen molar-refractivity contribution in [3.8, 4) is 5.75 Å². The Morgan fingerprint density at radius 3 is 2.94 bits per heavy atom. The van der Waals surface area contributed by atoms with Gasteiger partial charge in [-0.15, -0.1) is 0 Å². The number of fused-ring (bicyclic) bond motifs is 1. The summed E-state index contributed by atoms with van der Waals surface area (Å²) in [5.74, 6) is 0.460. The molecule has 1 unspecified atom stereocenters. The number of aryl methyl sites for hydroxylation is 1. The maximum Gasteiger partial charge on any atom is 0.148 e. The van der Waals surface area contributed by atoms with Gasteiger partial charge in [0, 0.05) is 18.8 Å². The highest BCUT2D eigenvalue weighted by Gasteiger charge is 2.20. The second-order valence-corrected chi connectivity index (χ2v) is 7.17. The zero-order chi connectivity index (χ0) is 13.2. The highest BCUT2D eigenvalue weighted by Crippen LogP contribution is 2.31. The standard InChI is InChI=1S/C13H19NO3S/c1-18(16,17)8-7-14-13-4-2-3-10-9-11(15)5-6-12(10)13/h5-6,9,13-15H,2-4,7-8H2,1H3. The van der Waals surface area contributed by atoms with Crippen LogP contribution in [-0.4, -0.2) is 32.1 Å². The lowest BCUT2D eigenvalue weighted by atomic mass is 9.87. The number of rotatable bonds is 4. The van der Waals surface area contributed by atoms with Gasteiger partial charge >= 0.3 is 0 Å². The fraction of sp³-hybridized carbons (Fsp3) is 0.538. The van der Waals surface area contributed by atoms with Crippen LogP contribution in [0.5, 0.6) is 5.75 Å². The minimum Gasteiger partial charge on any atom is -0.508 e. The Balaban J connectivity index is 2.04. The van der Waals surface area contributed by atoms with Gasteiger partial charge < -0.3 is 10.4 Å². The van der Waals surface area contributed by atoms with Gasteiger partial charge in [-0.05, 0) is 42.5 Å². The van der Waals surface area contributed by atoms with Crippen molar-refractivity contribution in [1.82, 2.24) is 5.32 Å². The first-order valence-corrected chi connectivity index (χ1v) is 8.25. The van der Waals surface area contributed by atoms with Gasteiger partial charge in [0.05, 0.1) is 5.75 Å². The summed E-state index contributed by atoms with van der Waals surface area (Å²) < 4.78 is 22.2. The monoisotopic (exact) mass is 269 g/mol. The molecule has 0 aliphatic heterocycles. The van der Waals surface area contributed by atoms with E-state index in [2.05, 4.69) is 5.32 Å². The van der Waals surface area contributed by atoms with E-state index < -0.39 is 9.84 Å². The fourth-order valence-electron chi connectivity index (χ4n) is 2.43. The molecule has 0 heterocycles. The van der Waals surface area contributed by atoms with Gasteiger partial charge in [-0.3, -0.25) is 0 Å². The smallest absolute Gasteiger partial charge is 0.148 e. The van der Waals surface area contributed by atoms with Crippen LogP contribution in [0.4, 0.5) is 0 Å². The summed E-state index contributed by atoms with van der Waals surface area (Å²) in [6.45, 7) is 0.476. The van der Waals surface area contributed by atoms with Crippen molar-refractivity contribution in [2.75, 3.05) is 18.6 Å². The minimum absolute atomic E-state index is 0.164. The van der Waals surface area contributed by atoms with Crippen LogP contribution in [0, 0.1) is 0 Å². The normalized spacial score (nSPS) is 19.5. The lowest BCUT2D eigenvalue weighted by molar-refractivity contribution is 0.457. The first-order valence-electron chi connectivity index (χ1n) is 6.18. The number of benzene rings is 1. The molecule has 0 fully saturated rings. The number of hydrogen-bond donors (Lipinski definition) is 2. The molecule has 0 spiro atoms. The van der Waals surface area contributed by atoms with Crippen molar-refractivity contribution in [3.63, 3.8) is 0 Å². The molecule has 0 radical (unpaired) electrons. The van der Waals surface area contributed by atoms with Crippen molar-refractivity contribution in [2.24, 2.45) is 0 Å². The van der Waals surface area contributed by atoms with E-state index in [1.54, 1.807) is 12.1 Å². The zero-order valence-electron chi connectivity index (χ0n) is 10.5.